The number of unbranched alkanes of at least 4 members (excludes halogenated alkanes) is 19. The maximum absolute atomic E-state index is 12.7. The summed E-state index contributed by atoms with van der Waals surface area (Å²) in [5.74, 6) is -2.31. The molecule has 9 nitrogen and oxygen atoms in total. The van der Waals surface area contributed by atoms with Gasteiger partial charge in [0.05, 0.1) is 40.3 Å². The van der Waals surface area contributed by atoms with Crippen LogP contribution in [-0.2, 0) is 33.3 Å². The molecule has 0 aromatic heterocycles. The summed E-state index contributed by atoms with van der Waals surface area (Å²) >= 11 is 0. The van der Waals surface area contributed by atoms with Gasteiger partial charge in [-0.1, -0.05) is 134 Å². The first-order valence-electron chi connectivity index (χ1n) is 22.1. The van der Waals surface area contributed by atoms with Crippen molar-refractivity contribution < 1.29 is 42.9 Å². The molecule has 0 heterocycles. The molecule has 0 saturated carbocycles. The normalized spacial score (nSPS) is 13.3. The van der Waals surface area contributed by atoms with Gasteiger partial charge in [0.15, 0.2) is 12.4 Å². The molecule has 0 radical (unpaired) electrons. The third kappa shape index (κ3) is 39.5. The van der Waals surface area contributed by atoms with Gasteiger partial charge < -0.3 is 33.3 Å². The van der Waals surface area contributed by atoms with Crippen LogP contribution in [0.2, 0.25) is 0 Å². The first-order valence-corrected chi connectivity index (χ1v) is 22.1. The molecule has 0 aliphatic rings. The van der Waals surface area contributed by atoms with E-state index in [9.17, 15) is 19.5 Å². The second-order valence-electron chi connectivity index (χ2n) is 16.0. The molecular formula is C46H83NO8. The molecule has 0 aromatic carbocycles. The lowest BCUT2D eigenvalue weighted by Crippen LogP contribution is -2.44. The minimum Gasteiger partial charge on any atom is -0.545 e. The Morgan fingerprint density at radius 2 is 0.982 bits per heavy atom. The fraction of sp³-hybridized carbons (Fsp3) is 0.804. The van der Waals surface area contributed by atoms with Gasteiger partial charge in [-0.3, -0.25) is 9.59 Å². The van der Waals surface area contributed by atoms with Gasteiger partial charge in [0.2, 0.25) is 0 Å². The molecule has 0 saturated heterocycles. The Balaban J connectivity index is 4.46. The number of allylic oxidation sites excluding steroid dienone is 6. The number of likely N-dealkylation sites (N-methyl/N-ethyl adjacent to an activating group) is 1. The van der Waals surface area contributed by atoms with Crippen molar-refractivity contribution in [3.63, 3.8) is 0 Å². The van der Waals surface area contributed by atoms with E-state index >= 15 is 0 Å². The number of aliphatic carboxylic acids is 1. The van der Waals surface area contributed by atoms with Gasteiger partial charge in [-0.2, -0.15) is 0 Å². The van der Waals surface area contributed by atoms with Crippen LogP contribution in [0.1, 0.15) is 181 Å². The number of nitrogens with zero attached hydrogens (tertiary/aromatic N) is 1. The minimum atomic E-state index is -1.62. The van der Waals surface area contributed by atoms with E-state index in [0.717, 1.165) is 70.6 Å². The van der Waals surface area contributed by atoms with Gasteiger partial charge in [-0.25, -0.2) is 0 Å². The van der Waals surface area contributed by atoms with Gasteiger partial charge in [-0.05, 0) is 70.6 Å². The van der Waals surface area contributed by atoms with E-state index in [1.165, 1.54) is 77.0 Å². The first kappa shape index (κ1) is 52.5. The number of rotatable bonds is 40. The second-order valence-corrected chi connectivity index (χ2v) is 16.0. The Morgan fingerprint density at radius 1 is 0.545 bits per heavy atom. The Morgan fingerprint density at radius 3 is 1.49 bits per heavy atom. The summed E-state index contributed by atoms with van der Waals surface area (Å²) in [7, 11) is 5.90. The Bertz CT molecular complexity index is 1000. The number of carbonyl (C=O) groups is 3. The van der Waals surface area contributed by atoms with E-state index in [2.05, 4.69) is 50.3 Å². The number of esters is 2. The lowest BCUT2D eigenvalue weighted by atomic mass is 10.1. The molecule has 0 aliphatic carbocycles. The number of ether oxygens (including phenoxy) is 4. The molecule has 0 fully saturated rings. The molecule has 9 heteroatoms. The molecule has 0 N–H and O–H groups in total. The predicted octanol–water partition coefficient (Wildman–Crippen LogP) is 10.1. The van der Waals surface area contributed by atoms with Crippen LogP contribution in [-0.4, -0.2) is 82.3 Å². The molecule has 0 aromatic rings. The van der Waals surface area contributed by atoms with E-state index < -0.39 is 24.3 Å². The largest absolute Gasteiger partial charge is 0.545 e. The number of hydrogen-bond acceptors (Lipinski definition) is 8. The molecule has 0 spiro atoms. The SMILES string of the molecule is CCCCC/C=C\CCCCCCCC(=O)OCC(COC(OCC[N+](C)(C)C)C(=O)[O-])OC(=O)CCCCCCCCC/C=C\C/C=C\CCCCCC. The molecule has 0 aliphatic heterocycles. The Kier molecular flexibility index (Phi) is 36.6. The zero-order valence-electron chi connectivity index (χ0n) is 36.0. The van der Waals surface area contributed by atoms with Gasteiger partial charge in [-0.15, -0.1) is 0 Å². The highest BCUT2D eigenvalue weighted by Gasteiger charge is 2.21. The third-order valence-corrected chi connectivity index (χ3v) is 9.36. The topological polar surface area (TPSA) is 111 Å². The molecule has 0 rings (SSSR count). The van der Waals surface area contributed by atoms with Crippen molar-refractivity contribution in [2.24, 2.45) is 0 Å². The third-order valence-electron chi connectivity index (χ3n) is 9.36. The van der Waals surface area contributed by atoms with Crippen molar-refractivity contribution in [3.05, 3.63) is 36.5 Å². The minimum absolute atomic E-state index is 0.144. The fourth-order valence-corrected chi connectivity index (χ4v) is 5.85. The summed E-state index contributed by atoms with van der Waals surface area (Å²) in [5, 5.41) is 11.7. The van der Waals surface area contributed by atoms with Crippen LogP contribution >= 0.6 is 0 Å². The van der Waals surface area contributed by atoms with Crippen molar-refractivity contribution in [2.45, 2.75) is 193 Å². The van der Waals surface area contributed by atoms with Gasteiger partial charge in [0.25, 0.3) is 0 Å². The molecule has 2 unspecified atom stereocenters. The molecule has 0 bridgehead atoms. The number of carbonyl (C=O) groups excluding carboxylic acids is 3. The van der Waals surface area contributed by atoms with E-state index in [0.29, 0.717) is 17.4 Å². The maximum Gasteiger partial charge on any atom is 0.306 e. The average molecular weight is 778 g/mol. The van der Waals surface area contributed by atoms with Crippen LogP contribution in [0.25, 0.3) is 0 Å². The standard InChI is InChI=1S/C46H83NO8/c1-6-8-10-12-14-16-18-20-21-22-23-24-25-27-29-31-33-35-37-44(49)55-42(41-54-46(45(50)51)52-39-38-47(3,4)5)40-53-43(48)36-34-32-30-28-26-19-17-15-13-11-9-7-2/h15-18,21-22,42,46H,6-14,19-20,23-41H2,1-5H3/b17-15-,18-16-,22-21-. The number of hydrogen-bond donors (Lipinski definition) is 0. The monoisotopic (exact) mass is 778 g/mol. The summed E-state index contributed by atoms with van der Waals surface area (Å²) in [5.41, 5.74) is 0. The van der Waals surface area contributed by atoms with Gasteiger partial charge in [0.1, 0.15) is 13.2 Å². The van der Waals surface area contributed by atoms with E-state index in [-0.39, 0.29) is 38.6 Å². The van der Waals surface area contributed by atoms with Crippen molar-refractivity contribution in [1.82, 2.24) is 0 Å². The number of carboxylic acid groups (broad SMARTS) is 1. The van der Waals surface area contributed by atoms with Gasteiger partial charge in [0, 0.05) is 12.8 Å². The quantitative estimate of drug-likeness (QED) is 0.0199. The Hall–Kier alpha value is -2.49. The summed E-state index contributed by atoms with van der Waals surface area (Å²) < 4.78 is 22.5. The van der Waals surface area contributed by atoms with Crippen molar-refractivity contribution in [1.29, 1.82) is 0 Å². The fourth-order valence-electron chi connectivity index (χ4n) is 5.85. The van der Waals surface area contributed by atoms with Crippen LogP contribution in [0.5, 0.6) is 0 Å². The first-order chi connectivity index (χ1) is 26.6. The zero-order valence-corrected chi connectivity index (χ0v) is 36.0. The maximum atomic E-state index is 12.7. The molecular weight excluding hydrogens is 695 g/mol. The highest BCUT2D eigenvalue weighted by molar-refractivity contribution is 5.70. The summed E-state index contributed by atoms with van der Waals surface area (Å²) in [6.07, 6.45) is 38.8. The van der Waals surface area contributed by atoms with E-state index in [4.69, 9.17) is 18.9 Å². The highest BCUT2D eigenvalue weighted by atomic mass is 16.7. The van der Waals surface area contributed by atoms with Gasteiger partial charge >= 0.3 is 11.9 Å². The van der Waals surface area contributed by atoms with E-state index in [1.54, 1.807) is 0 Å². The highest BCUT2D eigenvalue weighted by Crippen LogP contribution is 2.13. The molecule has 320 valence electrons. The van der Waals surface area contributed by atoms with Crippen molar-refractivity contribution >= 4 is 17.9 Å². The molecule has 0 amide bonds. The van der Waals surface area contributed by atoms with Crippen LogP contribution in [0.15, 0.2) is 36.5 Å². The number of quaternary nitrogens is 1. The zero-order chi connectivity index (χ0) is 40.7. The van der Waals surface area contributed by atoms with E-state index in [1.807, 2.05) is 21.1 Å². The predicted molar refractivity (Wildman–Crippen MR) is 223 cm³/mol. The van der Waals surface area contributed by atoms with Crippen LogP contribution in [0, 0.1) is 0 Å². The van der Waals surface area contributed by atoms with Crippen LogP contribution in [0.4, 0.5) is 0 Å². The Labute approximate surface area is 337 Å². The van der Waals surface area contributed by atoms with Crippen LogP contribution in [0.3, 0.4) is 0 Å². The molecule has 2 atom stereocenters. The second kappa shape index (κ2) is 38.4. The summed E-state index contributed by atoms with van der Waals surface area (Å²) in [6, 6.07) is 0. The lowest BCUT2D eigenvalue weighted by molar-refractivity contribution is -0.870. The smallest absolute Gasteiger partial charge is 0.306 e. The van der Waals surface area contributed by atoms with Crippen LogP contribution < -0.4 is 5.11 Å². The lowest BCUT2D eigenvalue weighted by Gasteiger charge is -2.26. The average Bonchev–Trinajstić information content (AvgIpc) is 3.14. The summed E-state index contributed by atoms with van der Waals surface area (Å²) in [6.45, 7) is 4.67. The number of carboxylic acids is 1. The summed E-state index contributed by atoms with van der Waals surface area (Å²) in [4.78, 5) is 36.9. The molecule has 55 heavy (non-hydrogen) atoms. The van der Waals surface area contributed by atoms with Crippen molar-refractivity contribution in [3.8, 4) is 0 Å². The van der Waals surface area contributed by atoms with Crippen molar-refractivity contribution in [2.75, 3.05) is 47.5 Å².